The molecule has 3 aromatic rings. The standard InChI is InChI=1S/C20H22N2OS/c1-14(2)8-13-18-19(24-20(21)22-18)15-9-11-17(12-10-15)23-16-6-4-3-5-7-16/h3-7,9-12,14H,8,13H2,1-2H3,(H2,21,22). The molecule has 0 amide bonds. The molecule has 0 saturated heterocycles. The van der Waals surface area contributed by atoms with Gasteiger partial charge in [0.2, 0.25) is 0 Å². The lowest BCUT2D eigenvalue weighted by atomic mass is 10.0. The van der Waals surface area contributed by atoms with Crippen molar-refractivity contribution in [3.63, 3.8) is 0 Å². The van der Waals surface area contributed by atoms with Gasteiger partial charge in [-0.05, 0) is 60.7 Å². The Bertz CT molecular complexity index is 779. The van der Waals surface area contributed by atoms with Gasteiger partial charge in [-0.2, -0.15) is 0 Å². The molecule has 0 saturated carbocycles. The van der Waals surface area contributed by atoms with Gasteiger partial charge in [-0.25, -0.2) is 4.98 Å². The number of benzene rings is 2. The third kappa shape index (κ3) is 4.15. The molecule has 0 bridgehead atoms. The average Bonchev–Trinajstić information content (AvgIpc) is 2.95. The summed E-state index contributed by atoms with van der Waals surface area (Å²) in [6.07, 6.45) is 2.08. The lowest BCUT2D eigenvalue weighted by molar-refractivity contribution is 0.483. The van der Waals surface area contributed by atoms with Crippen molar-refractivity contribution in [2.45, 2.75) is 26.7 Å². The van der Waals surface area contributed by atoms with E-state index < -0.39 is 0 Å². The van der Waals surface area contributed by atoms with E-state index >= 15 is 0 Å². The SMILES string of the molecule is CC(C)CCc1nc(N)sc1-c1ccc(Oc2ccccc2)cc1. The molecule has 2 aromatic carbocycles. The molecular formula is C20H22N2OS. The maximum absolute atomic E-state index is 5.94. The van der Waals surface area contributed by atoms with E-state index in [9.17, 15) is 0 Å². The van der Waals surface area contributed by atoms with E-state index in [1.165, 1.54) is 4.88 Å². The van der Waals surface area contributed by atoms with E-state index in [0.29, 0.717) is 11.0 Å². The number of rotatable bonds is 6. The lowest BCUT2D eigenvalue weighted by Crippen LogP contribution is -1.95. The summed E-state index contributed by atoms with van der Waals surface area (Å²) in [5.41, 5.74) is 8.18. The van der Waals surface area contributed by atoms with Crippen molar-refractivity contribution in [2.24, 2.45) is 5.92 Å². The van der Waals surface area contributed by atoms with Gasteiger partial charge in [0.15, 0.2) is 5.13 Å². The Balaban J connectivity index is 1.78. The third-order valence-corrected chi connectivity index (χ3v) is 4.74. The molecule has 0 unspecified atom stereocenters. The molecular weight excluding hydrogens is 316 g/mol. The highest BCUT2D eigenvalue weighted by atomic mass is 32.1. The van der Waals surface area contributed by atoms with Crippen LogP contribution in [0.5, 0.6) is 11.5 Å². The first-order valence-corrected chi connectivity index (χ1v) is 9.02. The molecule has 0 aliphatic heterocycles. The Labute approximate surface area is 147 Å². The van der Waals surface area contributed by atoms with Gasteiger partial charge in [-0.1, -0.05) is 43.4 Å². The number of aryl methyl sites for hydroxylation is 1. The predicted molar refractivity (Wildman–Crippen MR) is 102 cm³/mol. The van der Waals surface area contributed by atoms with Crippen LogP contribution in [0.4, 0.5) is 5.13 Å². The molecule has 1 aromatic heterocycles. The third-order valence-electron chi connectivity index (χ3n) is 3.77. The van der Waals surface area contributed by atoms with E-state index in [0.717, 1.165) is 35.6 Å². The molecule has 1 heterocycles. The zero-order chi connectivity index (χ0) is 16.9. The number of para-hydroxylation sites is 1. The van der Waals surface area contributed by atoms with Crippen LogP contribution >= 0.6 is 11.3 Å². The van der Waals surface area contributed by atoms with Crippen LogP contribution in [0, 0.1) is 5.92 Å². The fraction of sp³-hybridized carbons (Fsp3) is 0.250. The molecule has 0 aliphatic rings. The quantitative estimate of drug-likeness (QED) is 0.620. The number of aromatic nitrogens is 1. The minimum Gasteiger partial charge on any atom is -0.457 e. The molecule has 3 rings (SSSR count). The largest absolute Gasteiger partial charge is 0.457 e. The Hall–Kier alpha value is -2.33. The number of anilines is 1. The van der Waals surface area contributed by atoms with Crippen LogP contribution in [0.15, 0.2) is 54.6 Å². The Kier molecular flexibility index (Phi) is 5.16. The summed E-state index contributed by atoms with van der Waals surface area (Å²) in [4.78, 5) is 5.68. The second kappa shape index (κ2) is 7.49. The maximum atomic E-state index is 5.94. The van der Waals surface area contributed by atoms with Crippen molar-refractivity contribution in [3.05, 3.63) is 60.3 Å². The van der Waals surface area contributed by atoms with E-state index in [1.807, 2.05) is 42.5 Å². The molecule has 0 fully saturated rings. The van der Waals surface area contributed by atoms with Crippen LogP contribution in [0.3, 0.4) is 0 Å². The number of hydrogen-bond acceptors (Lipinski definition) is 4. The zero-order valence-electron chi connectivity index (χ0n) is 14.0. The van der Waals surface area contributed by atoms with Gasteiger partial charge in [-0.3, -0.25) is 0 Å². The molecule has 3 nitrogen and oxygen atoms in total. The fourth-order valence-corrected chi connectivity index (χ4v) is 3.37. The second-order valence-corrected chi connectivity index (χ2v) is 7.23. The molecule has 4 heteroatoms. The highest BCUT2D eigenvalue weighted by Gasteiger charge is 2.12. The molecule has 24 heavy (non-hydrogen) atoms. The number of hydrogen-bond donors (Lipinski definition) is 1. The van der Waals surface area contributed by atoms with Gasteiger partial charge >= 0.3 is 0 Å². The predicted octanol–water partition coefficient (Wildman–Crippen LogP) is 5.77. The monoisotopic (exact) mass is 338 g/mol. The number of nitrogens with zero attached hydrogens (tertiary/aromatic N) is 1. The maximum Gasteiger partial charge on any atom is 0.180 e. The molecule has 124 valence electrons. The van der Waals surface area contributed by atoms with Crippen LogP contribution in [-0.2, 0) is 6.42 Å². The molecule has 0 aliphatic carbocycles. The van der Waals surface area contributed by atoms with Crippen LogP contribution in [0.25, 0.3) is 10.4 Å². The Morgan fingerprint density at radius 3 is 2.33 bits per heavy atom. The first-order valence-electron chi connectivity index (χ1n) is 8.20. The average molecular weight is 338 g/mol. The van der Waals surface area contributed by atoms with Crippen LogP contribution in [0.2, 0.25) is 0 Å². The van der Waals surface area contributed by atoms with Crippen LogP contribution in [-0.4, -0.2) is 4.98 Å². The van der Waals surface area contributed by atoms with Gasteiger partial charge in [0.1, 0.15) is 11.5 Å². The summed E-state index contributed by atoms with van der Waals surface area (Å²) < 4.78 is 5.85. The van der Waals surface area contributed by atoms with Crippen molar-refractivity contribution < 1.29 is 4.74 Å². The smallest absolute Gasteiger partial charge is 0.180 e. The Morgan fingerprint density at radius 2 is 1.67 bits per heavy atom. The number of thiazole rings is 1. The first-order chi connectivity index (χ1) is 11.6. The molecule has 0 spiro atoms. The van der Waals surface area contributed by atoms with Gasteiger partial charge in [0.25, 0.3) is 0 Å². The normalized spacial score (nSPS) is 11.0. The van der Waals surface area contributed by atoms with Crippen molar-refractivity contribution in [2.75, 3.05) is 5.73 Å². The van der Waals surface area contributed by atoms with E-state index in [2.05, 4.69) is 31.0 Å². The van der Waals surface area contributed by atoms with Crippen molar-refractivity contribution >= 4 is 16.5 Å². The molecule has 2 N–H and O–H groups in total. The second-order valence-electron chi connectivity index (χ2n) is 6.20. The van der Waals surface area contributed by atoms with Gasteiger partial charge in [0, 0.05) is 0 Å². The minimum atomic E-state index is 0.633. The number of ether oxygens (including phenoxy) is 1. The lowest BCUT2D eigenvalue weighted by Gasteiger charge is -2.07. The van der Waals surface area contributed by atoms with E-state index in [4.69, 9.17) is 10.5 Å². The van der Waals surface area contributed by atoms with Gasteiger partial charge in [0.05, 0.1) is 10.6 Å². The summed E-state index contributed by atoms with van der Waals surface area (Å²) in [6.45, 7) is 4.45. The summed E-state index contributed by atoms with van der Waals surface area (Å²) >= 11 is 1.55. The zero-order valence-corrected chi connectivity index (χ0v) is 14.8. The summed E-state index contributed by atoms with van der Waals surface area (Å²) in [7, 11) is 0. The highest BCUT2D eigenvalue weighted by Crippen LogP contribution is 2.34. The molecule has 0 radical (unpaired) electrons. The van der Waals surface area contributed by atoms with Gasteiger partial charge < -0.3 is 10.5 Å². The highest BCUT2D eigenvalue weighted by molar-refractivity contribution is 7.18. The minimum absolute atomic E-state index is 0.633. The van der Waals surface area contributed by atoms with Crippen molar-refractivity contribution in [1.29, 1.82) is 0 Å². The number of nitrogens with two attached hydrogens (primary N) is 1. The number of nitrogen functional groups attached to an aromatic ring is 1. The molecule has 0 atom stereocenters. The van der Waals surface area contributed by atoms with Crippen molar-refractivity contribution in [1.82, 2.24) is 4.98 Å². The van der Waals surface area contributed by atoms with E-state index in [-0.39, 0.29) is 0 Å². The topological polar surface area (TPSA) is 48.1 Å². The van der Waals surface area contributed by atoms with Gasteiger partial charge in [-0.15, -0.1) is 0 Å². The summed E-state index contributed by atoms with van der Waals surface area (Å²) in [5.74, 6) is 2.32. The Morgan fingerprint density at radius 1 is 1.00 bits per heavy atom. The van der Waals surface area contributed by atoms with E-state index in [1.54, 1.807) is 11.3 Å². The van der Waals surface area contributed by atoms with Crippen LogP contribution < -0.4 is 10.5 Å². The van der Waals surface area contributed by atoms with Crippen LogP contribution in [0.1, 0.15) is 26.0 Å². The van der Waals surface area contributed by atoms with Crippen molar-refractivity contribution in [3.8, 4) is 21.9 Å². The fourth-order valence-electron chi connectivity index (χ4n) is 2.49. The summed E-state index contributed by atoms with van der Waals surface area (Å²) in [5, 5.41) is 0.633. The first kappa shape index (κ1) is 16.5. The summed E-state index contributed by atoms with van der Waals surface area (Å²) in [6, 6.07) is 17.9.